The smallest absolute Gasteiger partial charge is 0.349 e. The van der Waals surface area contributed by atoms with E-state index in [9.17, 15) is 18.0 Å². The van der Waals surface area contributed by atoms with Crippen LogP contribution in [0, 0.1) is 5.92 Å². The molecule has 1 aliphatic rings. The fourth-order valence-corrected chi connectivity index (χ4v) is 4.19. The van der Waals surface area contributed by atoms with Crippen LogP contribution in [0.3, 0.4) is 0 Å². The number of hydrogen-bond donors (Lipinski definition) is 1. The van der Waals surface area contributed by atoms with Gasteiger partial charge in [-0.25, -0.2) is 4.98 Å². The van der Waals surface area contributed by atoms with Crippen molar-refractivity contribution < 1.29 is 18.0 Å². The van der Waals surface area contributed by atoms with Crippen LogP contribution >= 0.6 is 11.6 Å². The Hall–Kier alpha value is -2.08. The number of aromatic nitrogens is 1. The third kappa shape index (κ3) is 5.50. The van der Waals surface area contributed by atoms with E-state index in [0.29, 0.717) is 22.2 Å². The molecular formula is C22H24ClF3N2O. The number of nitrogens with one attached hydrogen (secondary N) is 1. The van der Waals surface area contributed by atoms with E-state index >= 15 is 0 Å². The summed E-state index contributed by atoms with van der Waals surface area (Å²) in [5, 5.41) is 3.69. The van der Waals surface area contributed by atoms with Gasteiger partial charge in [0.15, 0.2) is 0 Å². The van der Waals surface area contributed by atoms with Gasteiger partial charge in [-0.05, 0) is 74.4 Å². The van der Waals surface area contributed by atoms with Gasteiger partial charge < -0.3 is 5.32 Å². The Morgan fingerprint density at radius 2 is 1.79 bits per heavy atom. The highest BCUT2D eigenvalue weighted by molar-refractivity contribution is 6.30. The number of amides is 1. The molecule has 3 nitrogen and oxygen atoms in total. The van der Waals surface area contributed by atoms with Crippen LogP contribution in [0.1, 0.15) is 66.7 Å². The summed E-state index contributed by atoms with van der Waals surface area (Å²) in [5.74, 6) is 0.200. The number of rotatable bonds is 5. The zero-order valence-corrected chi connectivity index (χ0v) is 16.9. The average molecular weight is 425 g/mol. The minimum absolute atomic E-state index is 0.0259. The standard InChI is InChI=1S/C22H24ClF3N2O/c1-2-18(28-21(29)16-10-12-17(23)13-11-16)14-6-8-15(9-7-14)19-4-3-5-20(27-19)22(24,25)26/h3-5,10-15,18H,2,6-9H2,1H3,(H,28,29)/t14?,15?,18-/m1/s1. The van der Waals surface area contributed by atoms with Crippen molar-refractivity contribution in [2.45, 2.75) is 57.2 Å². The van der Waals surface area contributed by atoms with Crippen molar-refractivity contribution in [2.24, 2.45) is 5.92 Å². The van der Waals surface area contributed by atoms with Gasteiger partial charge in [0.05, 0.1) is 0 Å². The third-order valence-electron chi connectivity index (χ3n) is 5.68. The molecule has 0 spiro atoms. The maximum Gasteiger partial charge on any atom is 0.433 e. The molecule has 0 aliphatic heterocycles. The lowest BCUT2D eigenvalue weighted by molar-refractivity contribution is -0.141. The number of benzene rings is 1. The summed E-state index contributed by atoms with van der Waals surface area (Å²) >= 11 is 5.87. The maximum atomic E-state index is 12.9. The summed E-state index contributed by atoms with van der Waals surface area (Å²) in [6, 6.07) is 10.9. The van der Waals surface area contributed by atoms with Gasteiger partial charge in [0, 0.05) is 28.2 Å². The second kappa shape index (κ2) is 9.16. The third-order valence-corrected chi connectivity index (χ3v) is 5.93. The highest BCUT2D eigenvalue weighted by Gasteiger charge is 2.34. The number of hydrogen-bond acceptors (Lipinski definition) is 2. The van der Waals surface area contributed by atoms with E-state index < -0.39 is 11.9 Å². The first-order chi connectivity index (χ1) is 13.8. The molecule has 1 aromatic carbocycles. The zero-order chi connectivity index (χ0) is 21.0. The number of pyridine rings is 1. The molecule has 2 aromatic rings. The van der Waals surface area contributed by atoms with E-state index in [-0.39, 0.29) is 17.9 Å². The van der Waals surface area contributed by atoms with Crippen LogP contribution < -0.4 is 5.32 Å². The first-order valence-corrected chi connectivity index (χ1v) is 10.3. The van der Waals surface area contributed by atoms with Crippen LogP contribution in [-0.2, 0) is 6.18 Å². The summed E-state index contributed by atoms with van der Waals surface area (Å²) in [6.07, 6.45) is -0.383. The highest BCUT2D eigenvalue weighted by Crippen LogP contribution is 2.38. The summed E-state index contributed by atoms with van der Waals surface area (Å²) in [6.45, 7) is 2.03. The van der Waals surface area contributed by atoms with Crippen molar-refractivity contribution in [1.82, 2.24) is 10.3 Å². The molecule has 1 fully saturated rings. The van der Waals surface area contributed by atoms with E-state index in [2.05, 4.69) is 10.3 Å². The Kier molecular flexibility index (Phi) is 6.83. The molecule has 1 aromatic heterocycles. The lowest BCUT2D eigenvalue weighted by atomic mass is 9.76. The molecule has 0 bridgehead atoms. The molecule has 0 unspecified atom stereocenters. The second-order valence-corrected chi connectivity index (χ2v) is 7.99. The molecule has 1 amide bonds. The van der Waals surface area contributed by atoms with Crippen LogP contribution in [0.2, 0.25) is 5.02 Å². The maximum absolute atomic E-state index is 12.9. The Morgan fingerprint density at radius 3 is 2.38 bits per heavy atom. The Bertz CT molecular complexity index is 831. The minimum Gasteiger partial charge on any atom is -0.349 e. The van der Waals surface area contributed by atoms with Gasteiger partial charge >= 0.3 is 6.18 Å². The first kappa shape index (κ1) is 21.6. The van der Waals surface area contributed by atoms with E-state index in [1.165, 1.54) is 6.07 Å². The van der Waals surface area contributed by atoms with Crippen LogP contribution in [0.4, 0.5) is 13.2 Å². The Balaban J connectivity index is 1.60. The number of nitrogens with zero attached hydrogens (tertiary/aromatic N) is 1. The van der Waals surface area contributed by atoms with Gasteiger partial charge in [-0.3, -0.25) is 4.79 Å². The molecule has 1 N–H and O–H groups in total. The van der Waals surface area contributed by atoms with E-state index in [1.807, 2.05) is 6.92 Å². The molecule has 1 heterocycles. The quantitative estimate of drug-likeness (QED) is 0.617. The predicted molar refractivity (Wildman–Crippen MR) is 107 cm³/mol. The number of carbonyl (C=O) groups is 1. The average Bonchev–Trinajstić information content (AvgIpc) is 2.72. The van der Waals surface area contributed by atoms with E-state index in [4.69, 9.17) is 11.6 Å². The number of alkyl halides is 3. The largest absolute Gasteiger partial charge is 0.433 e. The van der Waals surface area contributed by atoms with Crippen LogP contribution in [0.25, 0.3) is 0 Å². The molecule has 1 saturated carbocycles. The van der Waals surface area contributed by atoms with Crippen LogP contribution in [0.5, 0.6) is 0 Å². The van der Waals surface area contributed by atoms with Gasteiger partial charge in [-0.1, -0.05) is 24.6 Å². The number of carbonyl (C=O) groups excluding carboxylic acids is 1. The molecule has 156 valence electrons. The van der Waals surface area contributed by atoms with Gasteiger partial charge in [-0.15, -0.1) is 0 Å². The van der Waals surface area contributed by atoms with Gasteiger partial charge in [0.25, 0.3) is 5.91 Å². The van der Waals surface area contributed by atoms with Gasteiger partial charge in [-0.2, -0.15) is 13.2 Å². The summed E-state index contributed by atoms with van der Waals surface area (Å²) in [5.41, 5.74) is 0.241. The van der Waals surface area contributed by atoms with Crippen molar-refractivity contribution in [3.05, 3.63) is 64.4 Å². The highest BCUT2D eigenvalue weighted by atomic mass is 35.5. The van der Waals surface area contributed by atoms with Crippen molar-refractivity contribution in [3.8, 4) is 0 Å². The fourth-order valence-electron chi connectivity index (χ4n) is 4.06. The molecular weight excluding hydrogens is 401 g/mol. The Labute approximate surface area is 173 Å². The van der Waals surface area contributed by atoms with E-state index in [1.54, 1.807) is 30.3 Å². The van der Waals surface area contributed by atoms with Crippen LogP contribution in [0.15, 0.2) is 42.5 Å². The van der Waals surface area contributed by atoms with Gasteiger partial charge in [0.1, 0.15) is 5.69 Å². The predicted octanol–water partition coefficient (Wildman–Crippen LogP) is 6.24. The van der Waals surface area contributed by atoms with Crippen molar-refractivity contribution in [1.29, 1.82) is 0 Å². The topological polar surface area (TPSA) is 42.0 Å². The number of halogens is 4. The zero-order valence-electron chi connectivity index (χ0n) is 16.2. The van der Waals surface area contributed by atoms with Crippen LogP contribution in [-0.4, -0.2) is 16.9 Å². The molecule has 1 aliphatic carbocycles. The molecule has 7 heteroatoms. The van der Waals surface area contributed by atoms with Crippen molar-refractivity contribution in [3.63, 3.8) is 0 Å². The van der Waals surface area contributed by atoms with Gasteiger partial charge in [0.2, 0.25) is 0 Å². The fraction of sp³-hybridized carbons (Fsp3) is 0.455. The lowest BCUT2D eigenvalue weighted by Crippen LogP contribution is -2.41. The lowest BCUT2D eigenvalue weighted by Gasteiger charge is -2.34. The molecule has 0 saturated heterocycles. The van der Waals surface area contributed by atoms with Crippen molar-refractivity contribution >= 4 is 17.5 Å². The molecule has 29 heavy (non-hydrogen) atoms. The normalized spacial score (nSPS) is 20.9. The second-order valence-electron chi connectivity index (χ2n) is 7.55. The van der Waals surface area contributed by atoms with Crippen molar-refractivity contribution in [2.75, 3.05) is 0 Å². The minimum atomic E-state index is -4.42. The summed E-state index contributed by atoms with van der Waals surface area (Å²) < 4.78 is 38.8. The first-order valence-electron chi connectivity index (χ1n) is 9.88. The summed E-state index contributed by atoms with van der Waals surface area (Å²) in [4.78, 5) is 16.4. The summed E-state index contributed by atoms with van der Waals surface area (Å²) in [7, 11) is 0. The monoisotopic (exact) mass is 424 g/mol. The Morgan fingerprint density at radius 1 is 1.14 bits per heavy atom. The molecule has 3 rings (SSSR count). The SMILES string of the molecule is CC[C@@H](NC(=O)c1ccc(Cl)cc1)C1CCC(c2cccc(C(F)(F)F)n2)CC1. The van der Waals surface area contributed by atoms with E-state index in [0.717, 1.165) is 38.2 Å². The molecule has 0 radical (unpaired) electrons. The molecule has 1 atom stereocenters.